The monoisotopic (exact) mass is 396 g/mol. The second-order valence-electron chi connectivity index (χ2n) is 7.05. The molecule has 1 heterocycles. The molecule has 1 fully saturated rings. The Balaban J connectivity index is 2.66. The minimum Gasteiger partial charge on any atom is -0.481 e. The number of hydrogen-bond acceptors (Lipinski definition) is 5. The van der Waals surface area contributed by atoms with Crippen LogP contribution in [0, 0.1) is 5.41 Å². The lowest BCUT2D eigenvalue weighted by molar-refractivity contribution is -0.139. The molecule has 0 aliphatic carbocycles. The highest BCUT2D eigenvalue weighted by Gasteiger charge is 2.37. The molecule has 2 N–H and O–H groups in total. The van der Waals surface area contributed by atoms with Gasteiger partial charge in [-0.15, -0.1) is 11.6 Å². The smallest absolute Gasteiger partial charge is 0.303 e. The normalized spacial score (nSPS) is 19.4. The van der Waals surface area contributed by atoms with Crippen LogP contribution in [0.4, 0.5) is 0 Å². The van der Waals surface area contributed by atoms with Crippen LogP contribution in [-0.2, 0) is 24.2 Å². The molecule has 144 valence electrons. The third-order valence-corrected chi connectivity index (χ3v) is 5.99. The van der Waals surface area contributed by atoms with Crippen LogP contribution in [0.3, 0.4) is 0 Å². The topological polar surface area (TPSA) is 121 Å². The molecule has 0 bridgehead atoms. The number of carbonyl (C=O) groups is 3. The van der Waals surface area contributed by atoms with Gasteiger partial charge < -0.3 is 15.3 Å². The molecule has 0 aromatic heterocycles. The molecule has 25 heavy (non-hydrogen) atoms. The summed E-state index contributed by atoms with van der Waals surface area (Å²) in [5, 5.41) is 11.2. The molecule has 1 aliphatic rings. The van der Waals surface area contributed by atoms with Crippen molar-refractivity contribution in [1.29, 1.82) is 0 Å². The summed E-state index contributed by atoms with van der Waals surface area (Å²) in [6, 6.07) is -0.404. The van der Waals surface area contributed by atoms with Crippen molar-refractivity contribution in [2.24, 2.45) is 5.41 Å². The number of alkyl halides is 1. The number of carbonyl (C=O) groups excluding carboxylic acids is 2. The van der Waals surface area contributed by atoms with Crippen LogP contribution < -0.4 is 5.32 Å². The molecule has 1 rings (SSSR count). The minimum atomic E-state index is -3.14. The van der Waals surface area contributed by atoms with Crippen LogP contribution in [0.25, 0.3) is 0 Å². The predicted octanol–water partition coefficient (Wildman–Crippen LogP) is 0.248. The summed E-state index contributed by atoms with van der Waals surface area (Å²) in [6.45, 7) is 4.15. The van der Waals surface area contributed by atoms with Gasteiger partial charge in [0.05, 0.1) is 17.9 Å². The molecule has 1 aliphatic heterocycles. The number of halogens is 1. The lowest BCUT2D eigenvalue weighted by atomic mass is 9.91. The standard InChI is InChI=1S/C15H25ClN2O6S/c1-15(2,9-17-12(19)3-4-14(21)22)10-18(13(20)7-16)11-5-6-25(23,24)8-11/h11H,3-10H2,1-2H3,(H,17,19)(H,21,22). The molecule has 0 aromatic carbocycles. The highest BCUT2D eigenvalue weighted by Crippen LogP contribution is 2.24. The number of hydrogen-bond donors (Lipinski definition) is 2. The van der Waals surface area contributed by atoms with Crippen molar-refractivity contribution in [3.63, 3.8) is 0 Å². The Kier molecular flexibility index (Phi) is 7.67. The number of amides is 2. The molecule has 10 heteroatoms. The third kappa shape index (κ3) is 7.60. The second kappa shape index (κ2) is 8.84. The zero-order chi connectivity index (χ0) is 19.3. The summed E-state index contributed by atoms with van der Waals surface area (Å²) in [7, 11) is -3.14. The van der Waals surface area contributed by atoms with Crippen LogP contribution in [0.2, 0.25) is 0 Å². The van der Waals surface area contributed by atoms with Gasteiger partial charge in [0.25, 0.3) is 0 Å². The number of aliphatic carboxylic acids is 1. The Labute approximate surface area is 152 Å². The lowest BCUT2D eigenvalue weighted by Crippen LogP contribution is -2.49. The van der Waals surface area contributed by atoms with Crippen LogP contribution >= 0.6 is 11.6 Å². The molecule has 2 amide bonds. The van der Waals surface area contributed by atoms with E-state index in [1.54, 1.807) is 0 Å². The fourth-order valence-electron chi connectivity index (χ4n) is 2.68. The Hall–Kier alpha value is -1.35. The van der Waals surface area contributed by atoms with Gasteiger partial charge in [-0.05, 0) is 11.8 Å². The van der Waals surface area contributed by atoms with Crippen molar-refractivity contribution in [2.45, 2.75) is 39.2 Å². The van der Waals surface area contributed by atoms with Gasteiger partial charge in [0.2, 0.25) is 11.8 Å². The van der Waals surface area contributed by atoms with Gasteiger partial charge in [-0.25, -0.2) is 8.42 Å². The van der Waals surface area contributed by atoms with Gasteiger partial charge in [-0.1, -0.05) is 13.8 Å². The summed E-state index contributed by atoms with van der Waals surface area (Å²) < 4.78 is 23.4. The summed E-state index contributed by atoms with van der Waals surface area (Å²) >= 11 is 5.66. The molecule has 0 saturated carbocycles. The molecule has 1 atom stereocenters. The van der Waals surface area contributed by atoms with Gasteiger partial charge >= 0.3 is 5.97 Å². The van der Waals surface area contributed by atoms with E-state index < -0.39 is 27.3 Å². The quantitative estimate of drug-likeness (QED) is 0.539. The first-order valence-corrected chi connectivity index (χ1v) is 10.4. The summed E-state index contributed by atoms with van der Waals surface area (Å²) in [5.41, 5.74) is -0.521. The lowest BCUT2D eigenvalue weighted by Gasteiger charge is -2.36. The number of sulfone groups is 1. The average Bonchev–Trinajstić information content (AvgIpc) is 2.87. The minimum absolute atomic E-state index is 0.0517. The fraction of sp³-hybridized carbons (Fsp3) is 0.800. The summed E-state index contributed by atoms with van der Waals surface area (Å²) in [6.07, 6.45) is 0.0195. The van der Waals surface area contributed by atoms with E-state index >= 15 is 0 Å². The fourth-order valence-corrected chi connectivity index (χ4v) is 4.57. The molecule has 0 radical (unpaired) electrons. The van der Waals surface area contributed by atoms with Crippen LogP contribution in [0.1, 0.15) is 33.1 Å². The van der Waals surface area contributed by atoms with E-state index in [-0.39, 0.29) is 55.1 Å². The third-order valence-electron chi connectivity index (χ3n) is 4.01. The molecular formula is C15H25ClN2O6S. The number of rotatable bonds is 9. The predicted molar refractivity (Wildman–Crippen MR) is 93.2 cm³/mol. The maximum atomic E-state index is 12.1. The summed E-state index contributed by atoms with van der Waals surface area (Å²) in [4.78, 5) is 35.8. The van der Waals surface area contributed by atoms with E-state index in [9.17, 15) is 22.8 Å². The summed E-state index contributed by atoms with van der Waals surface area (Å²) in [5.74, 6) is -2.02. The molecule has 1 saturated heterocycles. The molecule has 1 unspecified atom stereocenters. The molecule has 8 nitrogen and oxygen atoms in total. The van der Waals surface area contributed by atoms with Gasteiger partial charge in [0, 0.05) is 25.6 Å². The van der Waals surface area contributed by atoms with Gasteiger partial charge in [0.15, 0.2) is 9.84 Å². The van der Waals surface area contributed by atoms with Crippen LogP contribution in [0.15, 0.2) is 0 Å². The first kappa shape index (κ1) is 21.7. The molecular weight excluding hydrogens is 372 g/mol. The van der Waals surface area contributed by atoms with Crippen LogP contribution in [-0.4, -0.2) is 72.7 Å². The zero-order valence-electron chi connectivity index (χ0n) is 14.5. The number of carboxylic acid groups (broad SMARTS) is 1. The number of nitrogens with one attached hydrogen (secondary N) is 1. The zero-order valence-corrected chi connectivity index (χ0v) is 16.0. The van der Waals surface area contributed by atoms with Gasteiger partial charge in [0.1, 0.15) is 5.88 Å². The number of carboxylic acids is 1. The van der Waals surface area contributed by atoms with Crippen molar-refractivity contribution in [1.82, 2.24) is 10.2 Å². The first-order valence-electron chi connectivity index (χ1n) is 8.00. The molecule has 0 aromatic rings. The van der Waals surface area contributed by atoms with E-state index in [0.717, 1.165) is 0 Å². The number of nitrogens with zero attached hydrogens (tertiary/aromatic N) is 1. The van der Waals surface area contributed by atoms with E-state index in [1.165, 1.54) is 4.90 Å². The van der Waals surface area contributed by atoms with Crippen molar-refractivity contribution in [3.8, 4) is 0 Å². The van der Waals surface area contributed by atoms with Crippen molar-refractivity contribution in [3.05, 3.63) is 0 Å². The van der Waals surface area contributed by atoms with E-state index in [2.05, 4.69) is 5.32 Å². The Morgan fingerprint density at radius 3 is 2.40 bits per heavy atom. The molecule has 0 spiro atoms. The van der Waals surface area contributed by atoms with Gasteiger partial charge in [-0.2, -0.15) is 0 Å². The van der Waals surface area contributed by atoms with Crippen LogP contribution in [0.5, 0.6) is 0 Å². The van der Waals surface area contributed by atoms with Crippen molar-refractivity contribution >= 4 is 39.2 Å². The second-order valence-corrected chi connectivity index (χ2v) is 9.54. The SMILES string of the molecule is CC(C)(CNC(=O)CCC(=O)O)CN(C(=O)CCl)C1CCS(=O)(=O)C1. The maximum absolute atomic E-state index is 12.1. The Morgan fingerprint density at radius 2 is 1.92 bits per heavy atom. The van der Waals surface area contributed by atoms with Crippen molar-refractivity contribution < 1.29 is 27.9 Å². The van der Waals surface area contributed by atoms with E-state index in [0.29, 0.717) is 6.42 Å². The maximum Gasteiger partial charge on any atom is 0.303 e. The van der Waals surface area contributed by atoms with E-state index in [4.69, 9.17) is 16.7 Å². The van der Waals surface area contributed by atoms with Crippen molar-refractivity contribution in [2.75, 3.05) is 30.5 Å². The highest BCUT2D eigenvalue weighted by atomic mass is 35.5. The largest absolute Gasteiger partial charge is 0.481 e. The van der Waals surface area contributed by atoms with Gasteiger partial charge in [-0.3, -0.25) is 14.4 Å². The Bertz CT molecular complexity index is 620. The Morgan fingerprint density at radius 1 is 1.28 bits per heavy atom. The highest BCUT2D eigenvalue weighted by molar-refractivity contribution is 7.91. The van der Waals surface area contributed by atoms with E-state index in [1.807, 2.05) is 13.8 Å². The first-order chi connectivity index (χ1) is 11.5. The average molecular weight is 397 g/mol.